The lowest BCUT2D eigenvalue weighted by Gasteiger charge is -2.37. The van der Waals surface area contributed by atoms with Crippen LogP contribution in [0.5, 0.6) is 0 Å². The molecule has 2 aliphatic heterocycles. The van der Waals surface area contributed by atoms with Crippen LogP contribution in [0.2, 0.25) is 0 Å². The molecule has 0 aliphatic carbocycles. The Kier molecular flexibility index (Phi) is 5.13. The third-order valence-electron chi connectivity index (χ3n) is 4.62. The number of carboxylic acids is 1. The monoisotopic (exact) mass is 351 g/mol. The zero-order valence-corrected chi connectivity index (χ0v) is 14.3. The van der Waals surface area contributed by atoms with Gasteiger partial charge < -0.3 is 14.9 Å². The van der Waals surface area contributed by atoms with Crippen molar-refractivity contribution in [2.75, 3.05) is 26.2 Å². The quantitative estimate of drug-likeness (QED) is 0.898. The van der Waals surface area contributed by atoms with E-state index in [0.717, 1.165) is 24.4 Å². The molecule has 130 valence electrons. The predicted octanol–water partition coefficient (Wildman–Crippen LogP) is 1.88. The van der Waals surface area contributed by atoms with E-state index in [1.807, 2.05) is 4.90 Å². The Bertz CT molecular complexity index is 635. The van der Waals surface area contributed by atoms with E-state index >= 15 is 0 Å². The summed E-state index contributed by atoms with van der Waals surface area (Å²) < 4.78 is 0. The molecular formula is C16H21N3O4S. The van der Waals surface area contributed by atoms with Crippen LogP contribution in [-0.2, 0) is 11.2 Å². The molecule has 0 bridgehead atoms. The molecule has 1 atom stereocenters. The second-order valence-corrected chi connectivity index (χ2v) is 7.34. The summed E-state index contributed by atoms with van der Waals surface area (Å²) in [6, 6.07) is 0.0255. The standard InChI is InChI=1S/C16H21N3O4S/c20-12-3-6-18(7-4-12)16(23)19-5-1-2-11(9-19)8-14-17-13(10-24-14)15(21)22/h10-11H,1-9H2,(H,21,22). The van der Waals surface area contributed by atoms with Crippen LogP contribution < -0.4 is 0 Å². The molecule has 3 rings (SSSR count). The number of amides is 2. The lowest BCUT2D eigenvalue weighted by atomic mass is 9.95. The molecule has 2 aliphatic rings. The van der Waals surface area contributed by atoms with Gasteiger partial charge in [-0.05, 0) is 18.8 Å². The molecule has 2 fully saturated rings. The molecule has 0 aromatic carbocycles. The zero-order valence-electron chi connectivity index (χ0n) is 13.4. The molecule has 7 nitrogen and oxygen atoms in total. The number of urea groups is 1. The predicted molar refractivity (Wildman–Crippen MR) is 88.3 cm³/mol. The number of carboxylic acid groups (broad SMARTS) is 1. The number of ketones is 1. The van der Waals surface area contributed by atoms with E-state index < -0.39 is 5.97 Å². The summed E-state index contributed by atoms with van der Waals surface area (Å²) in [6.45, 7) is 2.46. The SMILES string of the molecule is O=C1CCN(C(=O)N2CCCC(Cc3nc(C(=O)O)cs3)C2)CC1. The Morgan fingerprint density at radius 1 is 1.25 bits per heavy atom. The number of Topliss-reactive ketones (excluding diaryl/α,β-unsaturated/α-hetero) is 1. The summed E-state index contributed by atoms with van der Waals surface area (Å²) >= 11 is 1.37. The number of nitrogens with zero attached hydrogens (tertiary/aromatic N) is 3. The first-order chi connectivity index (χ1) is 11.5. The Morgan fingerprint density at radius 3 is 2.67 bits per heavy atom. The van der Waals surface area contributed by atoms with E-state index in [1.165, 1.54) is 11.3 Å². The zero-order chi connectivity index (χ0) is 17.1. The van der Waals surface area contributed by atoms with Gasteiger partial charge in [-0.15, -0.1) is 11.3 Å². The van der Waals surface area contributed by atoms with Crippen LogP contribution in [0.15, 0.2) is 5.38 Å². The van der Waals surface area contributed by atoms with E-state index in [4.69, 9.17) is 5.11 Å². The number of aromatic carboxylic acids is 1. The van der Waals surface area contributed by atoms with Gasteiger partial charge in [0.05, 0.1) is 5.01 Å². The van der Waals surface area contributed by atoms with Crippen molar-refractivity contribution in [3.05, 3.63) is 16.1 Å². The average Bonchev–Trinajstić information content (AvgIpc) is 3.04. The van der Waals surface area contributed by atoms with Gasteiger partial charge in [-0.2, -0.15) is 0 Å². The van der Waals surface area contributed by atoms with E-state index in [0.29, 0.717) is 44.8 Å². The summed E-state index contributed by atoms with van der Waals surface area (Å²) in [6.07, 6.45) is 3.59. The van der Waals surface area contributed by atoms with E-state index in [2.05, 4.69) is 4.98 Å². The van der Waals surface area contributed by atoms with Gasteiger partial charge in [0.2, 0.25) is 0 Å². The Balaban J connectivity index is 1.56. The number of rotatable bonds is 3. The van der Waals surface area contributed by atoms with Crippen molar-refractivity contribution in [3.63, 3.8) is 0 Å². The van der Waals surface area contributed by atoms with Crippen molar-refractivity contribution in [3.8, 4) is 0 Å². The van der Waals surface area contributed by atoms with Crippen molar-refractivity contribution in [1.29, 1.82) is 0 Å². The number of hydrogen-bond donors (Lipinski definition) is 1. The number of hydrogen-bond acceptors (Lipinski definition) is 5. The van der Waals surface area contributed by atoms with Crippen molar-refractivity contribution in [2.24, 2.45) is 5.92 Å². The second kappa shape index (κ2) is 7.29. The molecule has 0 saturated carbocycles. The average molecular weight is 351 g/mol. The minimum Gasteiger partial charge on any atom is -0.476 e. The maximum atomic E-state index is 12.6. The van der Waals surface area contributed by atoms with Crippen molar-refractivity contribution in [2.45, 2.75) is 32.1 Å². The minimum atomic E-state index is -1.00. The molecule has 24 heavy (non-hydrogen) atoms. The fraction of sp³-hybridized carbons (Fsp3) is 0.625. The number of likely N-dealkylation sites (tertiary alicyclic amines) is 2. The lowest BCUT2D eigenvalue weighted by molar-refractivity contribution is -0.121. The van der Waals surface area contributed by atoms with Gasteiger partial charge in [-0.3, -0.25) is 4.79 Å². The van der Waals surface area contributed by atoms with Crippen LogP contribution in [-0.4, -0.2) is 63.9 Å². The van der Waals surface area contributed by atoms with Crippen LogP contribution in [0, 0.1) is 5.92 Å². The van der Waals surface area contributed by atoms with E-state index in [9.17, 15) is 14.4 Å². The van der Waals surface area contributed by atoms with E-state index in [-0.39, 0.29) is 17.5 Å². The molecule has 0 radical (unpaired) electrons. The van der Waals surface area contributed by atoms with Gasteiger partial charge >= 0.3 is 12.0 Å². The summed E-state index contributed by atoms with van der Waals surface area (Å²) in [7, 11) is 0. The Morgan fingerprint density at radius 2 is 2.00 bits per heavy atom. The first-order valence-electron chi connectivity index (χ1n) is 8.26. The highest BCUT2D eigenvalue weighted by Gasteiger charge is 2.29. The number of thiazole rings is 1. The Hall–Kier alpha value is -1.96. The third-order valence-corrected chi connectivity index (χ3v) is 5.49. The highest BCUT2D eigenvalue weighted by atomic mass is 32.1. The summed E-state index contributed by atoms with van der Waals surface area (Å²) in [5, 5.41) is 11.3. The maximum Gasteiger partial charge on any atom is 0.355 e. The first kappa shape index (κ1) is 16.9. The molecule has 2 saturated heterocycles. The van der Waals surface area contributed by atoms with Gasteiger partial charge in [-0.1, -0.05) is 0 Å². The molecule has 2 amide bonds. The maximum absolute atomic E-state index is 12.6. The fourth-order valence-corrected chi connectivity index (χ4v) is 4.19. The highest BCUT2D eigenvalue weighted by Crippen LogP contribution is 2.24. The number of carbonyl (C=O) groups excluding carboxylic acids is 2. The van der Waals surface area contributed by atoms with Gasteiger partial charge in [0, 0.05) is 50.8 Å². The molecule has 1 N–H and O–H groups in total. The minimum absolute atomic E-state index is 0.0255. The van der Waals surface area contributed by atoms with E-state index in [1.54, 1.807) is 10.3 Å². The van der Waals surface area contributed by atoms with Crippen LogP contribution in [0.25, 0.3) is 0 Å². The molecule has 3 heterocycles. The summed E-state index contributed by atoms with van der Waals surface area (Å²) in [5.74, 6) is -0.465. The summed E-state index contributed by atoms with van der Waals surface area (Å²) in [5.41, 5.74) is 0.0942. The largest absolute Gasteiger partial charge is 0.476 e. The van der Waals surface area contributed by atoms with Gasteiger partial charge in [0.25, 0.3) is 0 Å². The second-order valence-electron chi connectivity index (χ2n) is 6.40. The summed E-state index contributed by atoms with van der Waals surface area (Å²) in [4.78, 5) is 42.6. The van der Waals surface area contributed by atoms with Crippen LogP contribution in [0.3, 0.4) is 0 Å². The highest BCUT2D eigenvalue weighted by molar-refractivity contribution is 7.09. The first-order valence-corrected chi connectivity index (χ1v) is 9.14. The molecule has 8 heteroatoms. The normalized spacial score (nSPS) is 21.8. The molecule has 0 spiro atoms. The molecule has 1 aromatic rings. The third kappa shape index (κ3) is 3.92. The van der Waals surface area contributed by atoms with Crippen molar-refractivity contribution < 1.29 is 19.5 Å². The number of aromatic nitrogens is 1. The van der Waals surface area contributed by atoms with Gasteiger partial charge in [-0.25, -0.2) is 14.6 Å². The van der Waals surface area contributed by atoms with Crippen LogP contribution in [0.1, 0.15) is 41.2 Å². The molecule has 1 aromatic heterocycles. The van der Waals surface area contributed by atoms with Crippen molar-refractivity contribution in [1.82, 2.24) is 14.8 Å². The van der Waals surface area contributed by atoms with Crippen LogP contribution >= 0.6 is 11.3 Å². The van der Waals surface area contributed by atoms with Crippen molar-refractivity contribution >= 4 is 29.1 Å². The van der Waals surface area contributed by atoms with Gasteiger partial charge in [0.1, 0.15) is 5.78 Å². The fourth-order valence-electron chi connectivity index (χ4n) is 3.30. The number of piperidine rings is 2. The number of carbonyl (C=O) groups is 3. The van der Waals surface area contributed by atoms with Crippen LogP contribution in [0.4, 0.5) is 4.79 Å². The molecule has 1 unspecified atom stereocenters. The van der Waals surface area contributed by atoms with Gasteiger partial charge in [0.15, 0.2) is 5.69 Å². The Labute approximate surface area is 144 Å². The molecular weight excluding hydrogens is 330 g/mol. The smallest absolute Gasteiger partial charge is 0.355 e. The lowest BCUT2D eigenvalue weighted by Crippen LogP contribution is -2.50. The topological polar surface area (TPSA) is 90.8 Å².